The summed E-state index contributed by atoms with van der Waals surface area (Å²) in [7, 11) is 3.83. The van der Waals surface area contributed by atoms with Gasteiger partial charge in [-0.3, -0.25) is 9.89 Å². The van der Waals surface area contributed by atoms with Crippen LogP contribution in [0.15, 0.2) is 30.5 Å². The van der Waals surface area contributed by atoms with Gasteiger partial charge in [-0.05, 0) is 12.1 Å². The summed E-state index contributed by atoms with van der Waals surface area (Å²) in [5.41, 5.74) is 7.59. The van der Waals surface area contributed by atoms with E-state index in [0.717, 1.165) is 11.4 Å². The third kappa shape index (κ3) is 2.27. The Kier molecular flexibility index (Phi) is 3.18. The molecule has 1 amide bonds. The molecule has 0 radical (unpaired) electrons. The number of carbonyl (C=O) groups excluding carboxylic acids is 1. The number of nitrogens with one attached hydrogen (secondary N) is 2. The fourth-order valence-electron chi connectivity index (χ4n) is 1.64. The first kappa shape index (κ1) is 12.0. The lowest BCUT2D eigenvalue weighted by Gasteiger charge is -2.17. The number of anilines is 3. The van der Waals surface area contributed by atoms with E-state index in [-0.39, 0.29) is 11.7 Å². The van der Waals surface area contributed by atoms with Crippen molar-refractivity contribution >= 4 is 23.1 Å². The number of aromatic nitrogens is 2. The van der Waals surface area contributed by atoms with E-state index in [1.165, 1.54) is 6.20 Å². The predicted molar refractivity (Wildman–Crippen MR) is 71.7 cm³/mol. The molecule has 0 bridgehead atoms. The van der Waals surface area contributed by atoms with Crippen molar-refractivity contribution in [3.63, 3.8) is 0 Å². The highest BCUT2D eigenvalue weighted by molar-refractivity contribution is 6.08. The van der Waals surface area contributed by atoms with Crippen LogP contribution in [0.3, 0.4) is 0 Å². The Balaban J connectivity index is 2.25. The number of carbonyl (C=O) groups is 1. The van der Waals surface area contributed by atoms with Crippen molar-refractivity contribution < 1.29 is 4.79 Å². The van der Waals surface area contributed by atoms with E-state index in [9.17, 15) is 4.79 Å². The third-order valence-electron chi connectivity index (χ3n) is 2.55. The van der Waals surface area contributed by atoms with Gasteiger partial charge in [0.15, 0.2) is 0 Å². The lowest BCUT2D eigenvalue weighted by atomic mass is 10.2. The molecule has 1 heterocycles. The minimum absolute atomic E-state index is 0.259. The molecule has 4 N–H and O–H groups in total. The summed E-state index contributed by atoms with van der Waals surface area (Å²) in [6.45, 7) is 0. The second-order valence-electron chi connectivity index (χ2n) is 4.06. The number of aromatic amines is 1. The molecule has 2 rings (SSSR count). The van der Waals surface area contributed by atoms with Crippen LogP contribution in [0.4, 0.5) is 17.2 Å². The molecule has 1 aromatic carbocycles. The zero-order chi connectivity index (χ0) is 13.1. The van der Waals surface area contributed by atoms with Gasteiger partial charge in [0, 0.05) is 14.1 Å². The molecule has 0 unspecified atom stereocenters. The zero-order valence-electron chi connectivity index (χ0n) is 10.3. The van der Waals surface area contributed by atoms with Gasteiger partial charge >= 0.3 is 0 Å². The second kappa shape index (κ2) is 4.79. The van der Waals surface area contributed by atoms with Crippen molar-refractivity contribution in [3.8, 4) is 0 Å². The zero-order valence-corrected chi connectivity index (χ0v) is 10.3. The van der Waals surface area contributed by atoms with Gasteiger partial charge in [0.1, 0.15) is 11.4 Å². The van der Waals surface area contributed by atoms with Crippen LogP contribution in [0.25, 0.3) is 0 Å². The van der Waals surface area contributed by atoms with Gasteiger partial charge in [-0.25, -0.2) is 0 Å². The molecule has 6 nitrogen and oxygen atoms in total. The quantitative estimate of drug-likeness (QED) is 0.761. The van der Waals surface area contributed by atoms with Gasteiger partial charge < -0.3 is 16.0 Å². The first-order chi connectivity index (χ1) is 8.59. The van der Waals surface area contributed by atoms with E-state index in [1.54, 1.807) is 0 Å². The fourth-order valence-corrected chi connectivity index (χ4v) is 1.64. The third-order valence-corrected chi connectivity index (χ3v) is 2.55. The Morgan fingerprint density at radius 2 is 2.11 bits per heavy atom. The molecule has 94 valence electrons. The van der Waals surface area contributed by atoms with Crippen LogP contribution in [0.1, 0.15) is 10.4 Å². The predicted octanol–water partition coefficient (Wildman–Crippen LogP) is 1.31. The normalized spacial score (nSPS) is 10.1. The molecule has 0 atom stereocenters. The standard InChI is InChI=1S/C12H15N5O/c1-17(2)10-6-4-3-5-9(10)15-12(18)8-7-14-16-11(8)13/h3-7H,1-2H3,(H,15,18)(H3,13,14,16). The maximum absolute atomic E-state index is 12.0. The van der Waals surface area contributed by atoms with Crippen LogP contribution in [0.5, 0.6) is 0 Å². The average Bonchev–Trinajstić information content (AvgIpc) is 2.76. The van der Waals surface area contributed by atoms with Gasteiger partial charge in [0.05, 0.1) is 17.6 Å². The molecule has 0 saturated carbocycles. The SMILES string of the molecule is CN(C)c1ccccc1NC(=O)c1cn[nH]c1N. The summed E-state index contributed by atoms with van der Waals surface area (Å²) in [5.74, 6) is -0.0228. The summed E-state index contributed by atoms with van der Waals surface area (Å²) >= 11 is 0. The summed E-state index contributed by atoms with van der Waals surface area (Å²) in [6.07, 6.45) is 1.41. The number of benzene rings is 1. The molecular weight excluding hydrogens is 230 g/mol. The maximum Gasteiger partial charge on any atom is 0.261 e. The number of nitrogen functional groups attached to an aromatic ring is 1. The van der Waals surface area contributed by atoms with Gasteiger partial charge in [0.25, 0.3) is 5.91 Å². The monoisotopic (exact) mass is 245 g/mol. The van der Waals surface area contributed by atoms with Gasteiger partial charge in [0.2, 0.25) is 0 Å². The summed E-state index contributed by atoms with van der Waals surface area (Å²) < 4.78 is 0. The van der Waals surface area contributed by atoms with Crippen molar-refractivity contribution in [1.82, 2.24) is 10.2 Å². The van der Waals surface area contributed by atoms with Crippen molar-refractivity contribution in [2.75, 3.05) is 30.0 Å². The highest BCUT2D eigenvalue weighted by Crippen LogP contribution is 2.24. The van der Waals surface area contributed by atoms with Crippen molar-refractivity contribution in [3.05, 3.63) is 36.0 Å². The van der Waals surface area contributed by atoms with E-state index >= 15 is 0 Å². The maximum atomic E-state index is 12.0. The number of hydrogen-bond donors (Lipinski definition) is 3. The van der Waals surface area contributed by atoms with Gasteiger partial charge in [-0.15, -0.1) is 0 Å². The van der Waals surface area contributed by atoms with Crippen molar-refractivity contribution in [2.45, 2.75) is 0 Å². The number of hydrogen-bond acceptors (Lipinski definition) is 4. The fraction of sp³-hybridized carbons (Fsp3) is 0.167. The number of H-pyrrole nitrogens is 1. The molecule has 0 aliphatic rings. The highest BCUT2D eigenvalue weighted by Gasteiger charge is 2.13. The van der Waals surface area contributed by atoms with Crippen LogP contribution in [-0.2, 0) is 0 Å². The molecule has 6 heteroatoms. The second-order valence-corrected chi connectivity index (χ2v) is 4.06. The Hall–Kier alpha value is -2.50. The summed E-state index contributed by atoms with van der Waals surface area (Å²) in [5, 5.41) is 9.06. The molecule has 0 fully saturated rings. The molecule has 0 aliphatic heterocycles. The topological polar surface area (TPSA) is 87.0 Å². The number of nitrogens with two attached hydrogens (primary N) is 1. The molecule has 0 spiro atoms. The first-order valence-electron chi connectivity index (χ1n) is 5.46. The Morgan fingerprint density at radius 1 is 1.39 bits per heavy atom. The minimum atomic E-state index is -0.282. The van der Waals surface area contributed by atoms with Crippen LogP contribution >= 0.6 is 0 Å². The molecule has 18 heavy (non-hydrogen) atoms. The smallest absolute Gasteiger partial charge is 0.261 e. The van der Waals surface area contributed by atoms with Crippen LogP contribution in [-0.4, -0.2) is 30.2 Å². The van der Waals surface area contributed by atoms with Crippen LogP contribution in [0, 0.1) is 0 Å². The minimum Gasteiger partial charge on any atom is -0.383 e. The first-order valence-corrected chi connectivity index (χ1v) is 5.46. The van der Waals surface area contributed by atoms with Crippen molar-refractivity contribution in [1.29, 1.82) is 0 Å². The molecule has 2 aromatic rings. The largest absolute Gasteiger partial charge is 0.383 e. The molecular formula is C12H15N5O. The van der Waals surface area contributed by atoms with Gasteiger partial charge in [-0.1, -0.05) is 12.1 Å². The van der Waals surface area contributed by atoms with Gasteiger partial charge in [-0.2, -0.15) is 5.10 Å². The average molecular weight is 245 g/mol. The number of rotatable bonds is 3. The Bertz CT molecular complexity index is 561. The van der Waals surface area contributed by atoms with Crippen LogP contribution in [0.2, 0.25) is 0 Å². The van der Waals surface area contributed by atoms with Crippen LogP contribution < -0.4 is 16.0 Å². The van der Waals surface area contributed by atoms with E-state index in [0.29, 0.717) is 5.56 Å². The molecule has 1 aromatic heterocycles. The summed E-state index contributed by atoms with van der Waals surface area (Å²) in [6, 6.07) is 7.54. The highest BCUT2D eigenvalue weighted by atomic mass is 16.1. The summed E-state index contributed by atoms with van der Waals surface area (Å²) in [4.78, 5) is 13.9. The Morgan fingerprint density at radius 3 is 2.72 bits per heavy atom. The van der Waals surface area contributed by atoms with E-state index in [1.807, 2.05) is 43.3 Å². The number of nitrogens with zero attached hydrogens (tertiary/aromatic N) is 2. The lowest BCUT2D eigenvalue weighted by molar-refractivity contribution is 0.102. The number of amides is 1. The molecule has 0 aliphatic carbocycles. The van der Waals surface area contributed by atoms with Crippen molar-refractivity contribution in [2.24, 2.45) is 0 Å². The number of para-hydroxylation sites is 2. The van der Waals surface area contributed by atoms with E-state index in [2.05, 4.69) is 15.5 Å². The Labute approximate surface area is 105 Å². The lowest BCUT2D eigenvalue weighted by Crippen LogP contribution is -2.17. The van der Waals surface area contributed by atoms with E-state index < -0.39 is 0 Å². The molecule has 0 saturated heterocycles. The van der Waals surface area contributed by atoms with E-state index in [4.69, 9.17) is 5.73 Å².